The first-order valence-electron chi connectivity index (χ1n) is 12.5. The Labute approximate surface area is 216 Å². The fourth-order valence-corrected chi connectivity index (χ4v) is 5.35. The van der Waals surface area contributed by atoms with E-state index in [1.165, 1.54) is 11.3 Å². The second-order valence-corrected chi connectivity index (χ2v) is 9.32. The number of rotatable bonds is 14. The van der Waals surface area contributed by atoms with Crippen molar-refractivity contribution < 1.29 is 33.3 Å². The van der Waals surface area contributed by atoms with E-state index in [9.17, 15) is 14.4 Å². The number of ether oxygens (including phenoxy) is 4. The van der Waals surface area contributed by atoms with Crippen molar-refractivity contribution in [2.45, 2.75) is 59.4 Å². The van der Waals surface area contributed by atoms with E-state index in [0.717, 1.165) is 11.1 Å². The van der Waals surface area contributed by atoms with Crippen LogP contribution in [0.25, 0.3) is 0 Å². The van der Waals surface area contributed by atoms with E-state index < -0.39 is 18.2 Å². The molecule has 0 bridgehead atoms. The van der Waals surface area contributed by atoms with Crippen molar-refractivity contribution in [2.24, 2.45) is 5.92 Å². The van der Waals surface area contributed by atoms with E-state index in [1.807, 2.05) is 44.2 Å². The van der Waals surface area contributed by atoms with E-state index in [0.29, 0.717) is 54.5 Å². The van der Waals surface area contributed by atoms with E-state index >= 15 is 0 Å². The Morgan fingerprint density at radius 2 is 1.78 bits per heavy atom. The molecular formula is C27H35NO7S. The second kappa shape index (κ2) is 14.1. The lowest BCUT2D eigenvalue weighted by Crippen LogP contribution is -2.36. The first kappa shape index (κ1) is 27.8. The number of hydrogen-bond acceptors (Lipinski definition) is 9. The molecule has 1 atom stereocenters. The highest BCUT2D eigenvalue weighted by Gasteiger charge is 2.40. The van der Waals surface area contributed by atoms with Crippen LogP contribution in [0, 0.1) is 5.92 Å². The maximum absolute atomic E-state index is 13.6. The number of esters is 2. The summed E-state index contributed by atoms with van der Waals surface area (Å²) < 4.78 is 22.0. The second-order valence-electron chi connectivity index (χ2n) is 8.30. The molecule has 1 aliphatic rings. The number of ketones is 1. The minimum absolute atomic E-state index is 0.0975. The third-order valence-electron chi connectivity index (χ3n) is 5.83. The summed E-state index contributed by atoms with van der Waals surface area (Å²) in [6.07, 6.45) is 1.23. The molecule has 9 heteroatoms. The average molecular weight is 518 g/mol. The lowest BCUT2D eigenvalue weighted by Gasteiger charge is -2.29. The van der Waals surface area contributed by atoms with Gasteiger partial charge in [0, 0.05) is 26.2 Å². The number of benzene rings is 1. The van der Waals surface area contributed by atoms with Gasteiger partial charge >= 0.3 is 11.9 Å². The van der Waals surface area contributed by atoms with Crippen LogP contribution in [0.15, 0.2) is 30.3 Å². The summed E-state index contributed by atoms with van der Waals surface area (Å²) in [4.78, 5) is 38.7. The quantitative estimate of drug-likeness (QED) is 0.212. The minimum Gasteiger partial charge on any atom is -0.462 e. The lowest BCUT2D eigenvalue weighted by atomic mass is 9.83. The van der Waals surface area contributed by atoms with Crippen molar-refractivity contribution in [3.8, 4) is 0 Å². The fraction of sp³-hybridized carbons (Fsp3) is 0.519. The number of carbonyl (C=O) groups is 3. The Bertz CT molecular complexity index is 1010. The zero-order valence-corrected chi connectivity index (χ0v) is 22.0. The molecule has 36 heavy (non-hydrogen) atoms. The van der Waals surface area contributed by atoms with Crippen LogP contribution in [-0.4, -0.2) is 50.4 Å². The normalized spacial score (nSPS) is 15.0. The van der Waals surface area contributed by atoms with Crippen molar-refractivity contribution in [1.82, 2.24) is 0 Å². The van der Waals surface area contributed by atoms with Gasteiger partial charge in [0.1, 0.15) is 16.5 Å². The number of nitrogens with one attached hydrogen (secondary N) is 1. The van der Waals surface area contributed by atoms with Gasteiger partial charge in [-0.1, -0.05) is 30.3 Å². The smallest absolute Gasteiger partial charge is 0.348 e. The topological polar surface area (TPSA) is 100 Å². The SMILES string of the molecule is CCOC(=O)c1sc(NCCCC(=O)OCc2ccccc2)c2c1CCC(C(OCC)OCC)C2=O. The van der Waals surface area contributed by atoms with Crippen LogP contribution in [0.1, 0.15) is 71.2 Å². The average Bonchev–Trinajstić information content (AvgIpc) is 3.26. The fourth-order valence-electron chi connectivity index (χ4n) is 4.18. The molecule has 0 fully saturated rings. The van der Waals surface area contributed by atoms with Crippen molar-refractivity contribution in [3.63, 3.8) is 0 Å². The van der Waals surface area contributed by atoms with Gasteiger partial charge in [-0.3, -0.25) is 9.59 Å². The molecule has 0 saturated carbocycles. The number of anilines is 1. The molecule has 0 spiro atoms. The maximum atomic E-state index is 13.6. The summed E-state index contributed by atoms with van der Waals surface area (Å²) in [7, 11) is 0. The molecule has 0 aliphatic heterocycles. The molecule has 2 aromatic rings. The highest BCUT2D eigenvalue weighted by atomic mass is 32.1. The third kappa shape index (κ3) is 7.15. The Hall–Kier alpha value is -2.75. The molecule has 1 aromatic carbocycles. The van der Waals surface area contributed by atoms with Crippen LogP contribution < -0.4 is 5.32 Å². The molecule has 1 N–H and O–H groups in total. The summed E-state index contributed by atoms with van der Waals surface area (Å²) in [6, 6.07) is 9.52. The molecule has 1 heterocycles. The third-order valence-corrected chi connectivity index (χ3v) is 7.00. The maximum Gasteiger partial charge on any atom is 0.348 e. The number of carbonyl (C=O) groups excluding carboxylic acids is 3. The van der Waals surface area contributed by atoms with Crippen molar-refractivity contribution in [2.75, 3.05) is 31.7 Å². The molecule has 0 amide bonds. The highest BCUT2D eigenvalue weighted by Crippen LogP contribution is 2.41. The lowest BCUT2D eigenvalue weighted by molar-refractivity contribution is -0.158. The van der Waals surface area contributed by atoms with Crippen LogP contribution >= 0.6 is 11.3 Å². The van der Waals surface area contributed by atoms with Gasteiger partial charge in [-0.05, 0) is 51.2 Å². The monoisotopic (exact) mass is 517 g/mol. The molecular weight excluding hydrogens is 482 g/mol. The van der Waals surface area contributed by atoms with Gasteiger partial charge in [0.15, 0.2) is 12.1 Å². The summed E-state index contributed by atoms with van der Waals surface area (Å²) in [5.74, 6) is -1.25. The Morgan fingerprint density at radius 3 is 2.44 bits per heavy atom. The van der Waals surface area contributed by atoms with Crippen molar-refractivity contribution in [1.29, 1.82) is 0 Å². The summed E-state index contributed by atoms with van der Waals surface area (Å²) in [6.45, 7) is 7.31. The number of hydrogen-bond donors (Lipinski definition) is 1. The van der Waals surface area contributed by atoms with Crippen LogP contribution in [0.5, 0.6) is 0 Å². The molecule has 3 rings (SSSR count). The van der Waals surface area contributed by atoms with Crippen LogP contribution in [0.4, 0.5) is 5.00 Å². The van der Waals surface area contributed by atoms with E-state index in [4.69, 9.17) is 18.9 Å². The van der Waals surface area contributed by atoms with Gasteiger partial charge in [0.2, 0.25) is 0 Å². The molecule has 0 radical (unpaired) electrons. The van der Waals surface area contributed by atoms with E-state index in [1.54, 1.807) is 6.92 Å². The molecule has 196 valence electrons. The highest BCUT2D eigenvalue weighted by molar-refractivity contribution is 7.18. The van der Waals surface area contributed by atoms with Gasteiger partial charge in [0.05, 0.1) is 18.1 Å². The Kier molecular flexibility index (Phi) is 10.9. The summed E-state index contributed by atoms with van der Waals surface area (Å²) >= 11 is 1.23. The number of thiophene rings is 1. The van der Waals surface area contributed by atoms with Gasteiger partial charge in [-0.2, -0.15) is 0 Å². The van der Waals surface area contributed by atoms with Crippen LogP contribution in [0.2, 0.25) is 0 Å². The van der Waals surface area contributed by atoms with Crippen molar-refractivity contribution >= 4 is 34.1 Å². The molecule has 1 unspecified atom stereocenters. The van der Waals surface area contributed by atoms with Gasteiger partial charge in [0.25, 0.3) is 0 Å². The Balaban J connectivity index is 1.67. The van der Waals surface area contributed by atoms with E-state index in [2.05, 4.69) is 5.32 Å². The molecule has 8 nitrogen and oxygen atoms in total. The first-order chi connectivity index (χ1) is 17.5. The standard InChI is InChI=1S/C27H35NO7S/c1-4-32-26(31)24-19-14-15-20(27(33-5-2)34-6-3)23(30)22(19)25(36-24)28-16-10-13-21(29)35-17-18-11-8-7-9-12-18/h7-9,11-12,20,27-28H,4-6,10,13-17H2,1-3H3. The summed E-state index contributed by atoms with van der Waals surface area (Å²) in [5, 5.41) is 3.89. The zero-order valence-electron chi connectivity index (χ0n) is 21.2. The van der Waals surface area contributed by atoms with Gasteiger partial charge in [-0.15, -0.1) is 11.3 Å². The predicted octanol–water partition coefficient (Wildman–Crippen LogP) is 5.00. The van der Waals surface area contributed by atoms with Crippen LogP contribution in [-0.2, 0) is 36.8 Å². The minimum atomic E-state index is -0.626. The Morgan fingerprint density at radius 1 is 1.06 bits per heavy atom. The summed E-state index contributed by atoms with van der Waals surface area (Å²) in [5.41, 5.74) is 2.16. The molecule has 1 aliphatic carbocycles. The first-order valence-corrected chi connectivity index (χ1v) is 13.3. The van der Waals surface area contributed by atoms with E-state index in [-0.39, 0.29) is 31.4 Å². The largest absolute Gasteiger partial charge is 0.462 e. The van der Waals surface area contributed by atoms with Gasteiger partial charge < -0.3 is 24.3 Å². The van der Waals surface area contributed by atoms with Gasteiger partial charge in [-0.25, -0.2) is 4.79 Å². The molecule has 1 aromatic heterocycles. The van der Waals surface area contributed by atoms with Crippen molar-refractivity contribution in [3.05, 3.63) is 51.9 Å². The van der Waals surface area contributed by atoms with Crippen LogP contribution in [0.3, 0.4) is 0 Å². The number of Topliss-reactive ketones (excluding diaryl/α,β-unsaturated/α-hetero) is 1. The predicted molar refractivity (Wildman–Crippen MR) is 137 cm³/mol. The molecule has 0 saturated heterocycles. The number of fused-ring (bicyclic) bond motifs is 1. The zero-order chi connectivity index (χ0) is 25.9.